The van der Waals surface area contributed by atoms with E-state index in [0.29, 0.717) is 0 Å². The fourth-order valence-electron chi connectivity index (χ4n) is 16.7. The van der Waals surface area contributed by atoms with E-state index in [4.69, 9.17) is 0 Å². The van der Waals surface area contributed by atoms with Gasteiger partial charge in [0.2, 0.25) is 0 Å². The Morgan fingerprint density at radius 3 is 1.03 bits per heavy atom. The molecule has 3 heteroatoms. The van der Waals surface area contributed by atoms with Gasteiger partial charge in [-0.15, -0.1) is 0 Å². The SMILES string of the molecule is CC(C)(C)c1ccc(-c2cc3c4c(c2)N(c2c(-c5ccccc5)cc(C(C)(C)C)cc2-c2ccccc2)c2ccc(-c5ccc6cccc7c8cccc9cccc(c5c67)c98)cc2B4c2cc(-c4ccccc4)ccc2N3c2c(-c3ccccc3)cc(C(C)(C)C)cc2-c2ccccc2)cc1. The third-order valence-corrected chi connectivity index (χ3v) is 21.8. The summed E-state index contributed by atoms with van der Waals surface area (Å²) in [5.74, 6) is 0. The minimum absolute atomic E-state index is 0.0431. The van der Waals surface area contributed by atoms with E-state index in [0.717, 1.165) is 67.5 Å². The highest BCUT2D eigenvalue weighted by atomic mass is 15.2. The van der Waals surface area contributed by atoms with Crippen molar-refractivity contribution in [3.8, 4) is 77.9 Å². The molecule has 0 bridgehead atoms. The maximum atomic E-state index is 2.72. The second-order valence-electron chi connectivity index (χ2n) is 31.2. The van der Waals surface area contributed by atoms with Gasteiger partial charge in [0, 0.05) is 45.0 Å². The summed E-state index contributed by atoms with van der Waals surface area (Å²) in [6.07, 6.45) is 0. The molecule has 0 fully saturated rings. The lowest BCUT2D eigenvalue weighted by Crippen LogP contribution is -2.61. The summed E-state index contributed by atoms with van der Waals surface area (Å²) >= 11 is 0. The third-order valence-electron chi connectivity index (χ3n) is 21.8. The molecule has 2 aliphatic rings. The molecule has 0 aliphatic carbocycles. The first-order valence-corrected chi connectivity index (χ1v) is 35.9. The van der Waals surface area contributed by atoms with E-state index >= 15 is 0 Å². The minimum atomic E-state index is -0.265. The molecule has 0 atom stereocenters. The maximum absolute atomic E-state index is 2.72. The predicted octanol–water partition coefficient (Wildman–Crippen LogP) is 25.4. The summed E-state index contributed by atoms with van der Waals surface area (Å²) in [7, 11) is 0. The largest absolute Gasteiger partial charge is 0.310 e. The molecule has 484 valence electrons. The molecule has 0 N–H and O–H groups in total. The van der Waals surface area contributed by atoms with Crippen molar-refractivity contribution >= 4 is 100 Å². The van der Waals surface area contributed by atoms with Crippen molar-refractivity contribution in [2.24, 2.45) is 0 Å². The second kappa shape index (κ2) is 23.6. The summed E-state index contributed by atoms with van der Waals surface area (Å²) in [5, 5.41) is 10.3. The summed E-state index contributed by atoms with van der Waals surface area (Å²) in [4.78, 5) is 5.43. The highest BCUT2D eigenvalue weighted by molar-refractivity contribution is 7.00. The molecule has 0 unspecified atom stereocenters. The standard InChI is InChI=1S/C98H79BN2/c1-96(2,3)73-49-44-63(45-50-73)72-56-88-93-89(57-72)101(95-82(66-34-21-13-22-35-66)60-75(98(7,8)9)61-83(95)67-36-23-14-24-37-67)87-53-48-71(76-51-46-69-40-26-42-78-77-41-25-38-68-39-27-43-79(90(68)77)92(76)91(69)78)55-85(87)99(93)84-54-70(62-28-15-10-16-29-62)47-52-86(84)100(88)94-80(64-30-17-11-18-31-64)58-74(97(4,5)6)59-81(94)65-32-19-12-20-33-65/h10-61H,1-9H3. The number of rotatable bonds is 9. The predicted molar refractivity (Wildman–Crippen MR) is 436 cm³/mol. The van der Waals surface area contributed by atoms with Crippen LogP contribution in [0, 0.1) is 0 Å². The first-order valence-electron chi connectivity index (χ1n) is 35.9. The van der Waals surface area contributed by atoms with Crippen LogP contribution in [0.25, 0.3) is 121 Å². The van der Waals surface area contributed by atoms with E-state index in [1.807, 2.05) is 0 Å². The van der Waals surface area contributed by atoms with Crippen LogP contribution in [0.3, 0.4) is 0 Å². The lowest BCUT2D eigenvalue weighted by Gasteiger charge is -2.46. The molecule has 0 aromatic heterocycles. The number of hydrogen-bond acceptors (Lipinski definition) is 2. The van der Waals surface area contributed by atoms with Crippen molar-refractivity contribution in [1.82, 2.24) is 0 Å². The second-order valence-corrected chi connectivity index (χ2v) is 31.2. The van der Waals surface area contributed by atoms with Crippen LogP contribution in [0.2, 0.25) is 0 Å². The van der Waals surface area contributed by atoms with Crippen molar-refractivity contribution in [2.75, 3.05) is 9.80 Å². The smallest absolute Gasteiger partial charge is 0.252 e. The summed E-state index contributed by atoms with van der Waals surface area (Å²) in [5.41, 5.74) is 30.4. The van der Waals surface area contributed by atoms with Gasteiger partial charge in [-0.2, -0.15) is 0 Å². The Morgan fingerprint density at radius 1 is 0.228 bits per heavy atom. The molecule has 0 saturated carbocycles. The highest BCUT2D eigenvalue weighted by Crippen LogP contribution is 2.56. The van der Waals surface area contributed by atoms with Gasteiger partial charge >= 0.3 is 0 Å². The minimum Gasteiger partial charge on any atom is -0.310 e. The van der Waals surface area contributed by atoms with E-state index in [1.54, 1.807) is 0 Å². The Kier molecular flexibility index (Phi) is 14.4. The summed E-state index contributed by atoms with van der Waals surface area (Å²) in [6, 6.07) is 121. The fraction of sp³-hybridized carbons (Fsp3) is 0.122. The van der Waals surface area contributed by atoms with Crippen molar-refractivity contribution in [2.45, 2.75) is 78.6 Å². The number of nitrogens with zero attached hydrogens (tertiary/aromatic N) is 2. The lowest BCUT2D eigenvalue weighted by atomic mass is 9.33. The molecule has 2 nitrogen and oxygen atoms in total. The quantitative estimate of drug-likeness (QED) is 0.0807. The van der Waals surface area contributed by atoms with E-state index in [1.165, 1.54) is 121 Å². The molecular formula is C98H79BN2. The van der Waals surface area contributed by atoms with Gasteiger partial charge in [-0.1, -0.05) is 329 Å². The molecule has 18 rings (SSSR count). The van der Waals surface area contributed by atoms with Gasteiger partial charge in [0.15, 0.2) is 0 Å². The zero-order valence-electron chi connectivity index (χ0n) is 59.0. The lowest BCUT2D eigenvalue weighted by molar-refractivity contribution is 0.590. The van der Waals surface area contributed by atoms with Crippen molar-refractivity contribution < 1.29 is 0 Å². The van der Waals surface area contributed by atoms with Gasteiger partial charge in [0.1, 0.15) is 0 Å². The average Bonchev–Trinajstić information content (AvgIpc) is 0.709. The first kappa shape index (κ1) is 61.8. The number of hydrogen-bond donors (Lipinski definition) is 0. The van der Waals surface area contributed by atoms with Gasteiger partial charge in [-0.3, -0.25) is 0 Å². The van der Waals surface area contributed by atoms with Crippen molar-refractivity contribution in [1.29, 1.82) is 0 Å². The van der Waals surface area contributed by atoms with Gasteiger partial charge < -0.3 is 9.80 Å². The third kappa shape index (κ3) is 10.3. The van der Waals surface area contributed by atoms with Crippen LogP contribution < -0.4 is 26.2 Å². The Hall–Kier alpha value is -11.5. The summed E-state index contributed by atoms with van der Waals surface area (Å²) < 4.78 is 0. The van der Waals surface area contributed by atoms with Gasteiger partial charge in [-0.05, 0) is 197 Å². The van der Waals surface area contributed by atoms with Gasteiger partial charge in [0.25, 0.3) is 6.71 Å². The monoisotopic (exact) mass is 1290 g/mol. The fourth-order valence-corrected chi connectivity index (χ4v) is 16.7. The van der Waals surface area contributed by atoms with Gasteiger partial charge in [-0.25, -0.2) is 0 Å². The van der Waals surface area contributed by atoms with Crippen LogP contribution in [-0.4, -0.2) is 6.71 Å². The van der Waals surface area contributed by atoms with Crippen molar-refractivity contribution in [3.63, 3.8) is 0 Å². The van der Waals surface area contributed by atoms with E-state index in [2.05, 4.69) is 388 Å². The van der Waals surface area contributed by atoms with Crippen LogP contribution in [0.5, 0.6) is 0 Å². The molecule has 0 saturated heterocycles. The Balaban J connectivity index is 1.04. The normalized spacial score (nSPS) is 12.9. The first-order chi connectivity index (χ1) is 49.0. The topological polar surface area (TPSA) is 6.48 Å². The van der Waals surface area contributed by atoms with Crippen LogP contribution in [0.15, 0.2) is 315 Å². The number of anilines is 6. The summed E-state index contributed by atoms with van der Waals surface area (Å²) in [6.45, 7) is 20.8. The molecule has 2 heterocycles. The highest BCUT2D eigenvalue weighted by Gasteiger charge is 2.46. The van der Waals surface area contributed by atoms with Gasteiger partial charge in [0.05, 0.1) is 11.4 Å². The zero-order chi connectivity index (χ0) is 68.6. The molecule has 16 aromatic rings. The zero-order valence-corrected chi connectivity index (χ0v) is 59.0. The number of benzene rings is 16. The van der Waals surface area contributed by atoms with E-state index < -0.39 is 0 Å². The van der Waals surface area contributed by atoms with Crippen molar-refractivity contribution in [3.05, 3.63) is 332 Å². The molecule has 0 amide bonds. The molecule has 16 aromatic carbocycles. The van der Waals surface area contributed by atoms with Crippen LogP contribution in [0.4, 0.5) is 34.1 Å². The maximum Gasteiger partial charge on any atom is 0.252 e. The molecule has 0 spiro atoms. The Labute approximate surface area is 594 Å². The van der Waals surface area contributed by atoms with Crippen LogP contribution in [0.1, 0.15) is 79.0 Å². The molecule has 0 radical (unpaired) electrons. The van der Waals surface area contributed by atoms with E-state index in [9.17, 15) is 0 Å². The Bertz CT molecular complexity index is 5770. The van der Waals surface area contributed by atoms with Crippen LogP contribution >= 0.6 is 0 Å². The molecule has 2 aliphatic heterocycles. The number of fused-ring (bicyclic) bond motifs is 6. The Morgan fingerprint density at radius 2 is 0.594 bits per heavy atom. The molecule has 101 heavy (non-hydrogen) atoms. The van der Waals surface area contributed by atoms with Crippen LogP contribution in [-0.2, 0) is 16.2 Å². The van der Waals surface area contributed by atoms with E-state index in [-0.39, 0.29) is 23.0 Å². The molecular weight excluding hydrogens is 1220 g/mol. The average molecular weight is 1300 g/mol.